The van der Waals surface area contributed by atoms with Crippen LogP contribution in [0.1, 0.15) is 19.3 Å². The highest BCUT2D eigenvalue weighted by atomic mass is 16.3. The van der Waals surface area contributed by atoms with E-state index in [0.717, 1.165) is 19.3 Å². The average Bonchev–Trinajstić information content (AvgIpc) is 2.16. The van der Waals surface area contributed by atoms with Crippen LogP contribution >= 0.6 is 0 Å². The number of carbonyl (C=O) groups excluding carboxylic acids is 1. The number of nitrogens with one attached hydrogen (secondary N) is 2. The van der Waals surface area contributed by atoms with Crippen LogP contribution in [0.15, 0.2) is 12.2 Å². The van der Waals surface area contributed by atoms with Crippen LogP contribution in [0.4, 0.5) is 4.79 Å². The summed E-state index contributed by atoms with van der Waals surface area (Å²) in [6.07, 6.45) is 7.34. The number of urea groups is 1. The molecule has 1 atom stereocenters. The molecule has 0 saturated heterocycles. The summed E-state index contributed by atoms with van der Waals surface area (Å²) < 4.78 is 0. The van der Waals surface area contributed by atoms with Crippen molar-refractivity contribution in [2.75, 3.05) is 13.2 Å². The normalized spacial score (nSPS) is 21.2. The third kappa shape index (κ3) is 3.94. The molecule has 74 valence electrons. The van der Waals surface area contributed by atoms with Gasteiger partial charge in [-0.2, -0.15) is 0 Å². The minimum absolute atomic E-state index is 0.0199. The Labute approximate surface area is 78.0 Å². The number of rotatable bonds is 3. The van der Waals surface area contributed by atoms with Gasteiger partial charge in [0.1, 0.15) is 0 Å². The predicted molar refractivity (Wildman–Crippen MR) is 50.4 cm³/mol. The molecular weight excluding hydrogens is 168 g/mol. The SMILES string of the molecule is O=C(NCCO)NC1C=CCCC1. The largest absolute Gasteiger partial charge is 0.395 e. The second-order valence-electron chi connectivity index (χ2n) is 3.09. The fourth-order valence-corrected chi connectivity index (χ4v) is 1.32. The number of aliphatic hydroxyl groups excluding tert-OH is 1. The highest BCUT2D eigenvalue weighted by Gasteiger charge is 2.10. The van der Waals surface area contributed by atoms with Crippen LogP contribution in [0.5, 0.6) is 0 Å². The summed E-state index contributed by atoms with van der Waals surface area (Å²) in [6.45, 7) is 0.288. The summed E-state index contributed by atoms with van der Waals surface area (Å²) in [4.78, 5) is 11.1. The van der Waals surface area contributed by atoms with E-state index < -0.39 is 0 Å². The lowest BCUT2D eigenvalue weighted by Crippen LogP contribution is -2.42. The lowest BCUT2D eigenvalue weighted by Gasteiger charge is -2.17. The Bertz CT molecular complexity index is 192. The summed E-state index contributed by atoms with van der Waals surface area (Å²) in [5.41, 5.74) is 0. The molecule has 0 aliphatic heterocycles. The Morgan fingerprint density at radius 3 is 3.08 bits per heavy atom. The number of allylic oxidation sites excluding steroid dienone is 1. The third-order valence-electron chi connectivity index (χ3n) is 1.97. The Hall–Kier alpha value is -1.03. The van der Waals surface area contributed by atoms with E-state index in [4.69, 9.17) is 5.11 Å². The topological polar surface area (TPSA) is 61.4 Å². The molecule has 4 heteroatoms. The first-order valence-electron chi connectivity index (χ1n) is 4.65. The fourth-order valence-electron chi connectivity index (χ4n) is 1.32. The molecule has 1 aliphatic rings. The Morgan fingerprint density at radius 1 is 1.62 bits per heavy atom. The van der Waals surface area contributed by atoms with Crippen molar-refractivity contribution in [3.63, 3.8) is 0 Å². The van der Waals surface area contributed by atoms with Gasteiger partial charge in [0, 0.05) is 12.6 Å². The summed E-state index contributed by atoms with van der Waals surface area (Å²) in [5, 5.41) is 13.8. The van der Waals surface area contributed by atoms with Crippen LogP contribution in [-0.4, -0.2) is 30.3 Å². The van der Waals surface area contributed by atoms with Crippen LogP contribution in [0.3, 0.4) is 0 Å². The maximum atomic E-state index is 11.1. The van der Waals surface area contributed by atoms with Crippen molar-refractivity contribution in [2.24, 2.45) is 0 Å². The van der Waals surface area contributed by atoms with Crippen LogP contribution in [-0.2, 0) is 0 Å². The molecule has 3 N–H and O–H groups in total. The summed E-state index contributed by atoms with van der Waals surface area (Å²) in [7, 11) is 0. The van der Waals surface area contributed by atoms with Crippen LogP contribution < -0.4 is 10.6 Å². The summed E-state index contributed by atoms with van der Waals surface area (Å²) >= 11 is 0. The molecule has 0 spiro atoms. The fraction of sp³-hybridized carbons (Fsp3) is 0.667. The summed E-state index contributed by atoms with van der Waals surface area (Å²) in [5.74, 6) is 0. The van der Waals surface area contributed by atoms with E-state index in [0.29, 0.717) is 6.54 Å². The first-order valence-corrected chi connectivity index (χ1v) is 4.65. The Kier molecular flexibility index (Phi) is 4.32. The number of aliphatic hydroxyl groups is 1. The van der Waals surface area contributed by atoms with Gasteiger partial charge in [-0.15, -0.1) is 0 Å². The number of amides is 2. The lowest BCUT2D eigenvalue weighted by atomic mass is 10.0. The van der Waals surface area contributed by atoms with Crippen molar-refractivity contribution >= 4 is 6.03 Å². The maximum Gasteiger partial charge on any atom is 0.315 e. The van der Waals surface area contributed by atoms with E-state index in [-0.39, 0.29) is 18.7 Å². The van der Waals surface area contributed by atoms with Gasteiger partial charge in [0.25, 0.3) is 0 Å². The smallest absolute Gasteiger partial charge is 0.315 e. The van der Waals surface area contributed by atoms with Crippen molar-refractivity contribution in [3.05, 3.63) is 12.2 Å². The highest BCUT2D eigenvalue weighted by Crippen LogP contribution is 2.09. The van der Waals surface area contributed by atoms with Gasteiger partial charge in [-0.3, -0.25) is 0 Å². The van der Waals surface area contributed by atoms with E-state index in [1.807, 2.05) is 6.08 Å². The zero-order valence-corrected chi connectivity index (χ0v) is 7.62. The Morgan fingerprint density at radius 2 is 2.46 bits per heavy atom. The average molecular weight is 184 g/mol. The van der Waals surface area contributed by atoms with Gasteiger partial charge < -0.3 is 15.7 Å². The lowest BCUT2D eigenvalue weighted by molar-refractivity contribution is 0.231. The summed E-state index contributed by atoms with van der Waals surface area (Å²) in [6, 6.07) is -0.0435. The van der Waals surface area contributed by atoms with E-state index >= 15 is 0 Å². The molecule has 2 amide bonds. The van der Waals surface area contributed by atoms with Gasteiger partial charge in [0.2, 0.25) is 0 Å². The number of hydrogen-bond acceptors (Lipinski definition) is 2. The monoisotopic (exact) mass is 184 g/mol. The standard InChI is InChI=1S/C9H16N2O2/c12-7-6-10-9(13)11-8-4-2-1-3-5-8/h2,4,8,12H,1,3,5-7H2,(H2,10,11,13). The van der Waals surface area contributed by atoms with Gasteiger partial charge in [-0.05, 0) is 19.3 Å². The molecule has 0 bridgehead atoms. The number of hydrogen-bond donors (Lipinski definition) is 3. The molecule has 0 aromatic carbocycles. The molecule has 0 aromatic rings. The zero-order valence-electron chi connectivity index (χ0n) is 7.62. The van der Waals surface area contributed by atoms with Gasteiger partial charge in [-0.1, -0.05) is 12.2 Å². The predicted octanol–water partition coefficient (Wildman–Crippen LogP) is 0.387. The van der Waals surface area contributed by atoms with Crippen molar-refractivity contribution in [1.82, 2.24) is 10.6 Å². The second kappa shape index (κ2) is 5.59. The van der Waals surface area contributed by atoms with Crippen molar-refractivity contribution in [2.45, 2.75) is 25.3 Å². The zero-order chi connectivity index (χ0) is 9.52. The van der Waals surface area contributed by atoms with Crippen LogP contribution in [0, 0.1) is 0 Å². The molecular formula is C9H16N2O2. The molecule has 1 rings (SSSR count). The third-order valence-corrected chi connectivity index (χ3v) is 1.97. The maximum absolute atomic E-state index is 11.1. The molecule has 0 fully saturated rings. The Balaban J connectivity index is 2.18. The molecule has 0 heterocycles. The molecule has 0 radical (unpaired) electrons. The van der Waals surface area contributed by atoms with E-state index in [1.165, 1.54) is 0 Å². The minimum Gasteiger partial charge on any atom is -0.395 e. The van der Waals surface area contributed by atoms with Crippen LogP contribution in [0.25, 0.3) is 0 Å². The van der Waals surface area contributed by atoms with Crippen molar-refractivity contribution in [1.29, 1.82) is 0 Å². The van der Waals surface area contributed by atoms with Gasteiger partial charge >= 0.3 is 6.03 Å². The van der Waals surface area contributed by atoms with Gasteiger partial charge in [-0.25, -0.2) is 4.79 Å². The first kappa shape index (κ1) is 10.1. The van der Waals surface area contributed by atoms with Crippen LogP contribution in [0.2, 0.25) is 0 Å². The first-order chi connectivity index (χ1) is 6.33. The van der Waals surface area contributed by atoms with Crippen molar-refractivity contribution < 1.29 is 9.90 Å². The molecule has 0 aromatic heterocycles. The second-order valence-corrected chi connectivity index (χ2v) is 3.09. The van der Waals surface area contributed by atoms with Gasteiger partial charge in [0.05, 0.1) is 6.61 Å². The molecule has 4 nitrogen and oxygen atoms in total. The van der Waals surface area contributed by atoms with E-state index in [1.54, 1.807) is 0 Å². The minimum atomic E-state index is -0.203. The molecule has 1 aliphatic carbocycles. The van der Waals surface area contributed by atoms with Gasteiger partial charge in [0.15, 0.2) is 0 Å². The molecule has 13 heavy (non-hydrogen) atoms. The quantitative estimate of drug-likeness (QED) is 0.555. The number of carbonyl (C=O) groups is 1. The van der Waals surface area contributed by atoms with E-state index in [2.05, 4.69) is 16.7 Å². The molecule has 0 saturated carbocycles. The highest BCUT2D eigenvalue weighted by molar-refractivity contribution is 5.74. The van der Waals surface area contributed by atoms with E-state index in [9.17, 15) is 4.79 Å². The molecule has 1 unspecified atom stereocenters. The van der Waals surface area contributed by atoms with Crippen molar-refractivity contribution in [3.8, 4) is 0 Å².